The SMILES string of the molecule is CC(=O)N(c1ccc(O)c([N+](=O)[O-])c1)[C@@H]1C[C@@H](C(=O)O)Nc2cc(Cl)cc(Cl)c21. The molecular formula is C18H15Cl2N3O6. The Hall–Kier alpha value is -3.04. The molecule has 0 aromatic heterocycles. The summed E-state index contributed by atoms with van der Waals surface area (Å²) >= 11 is 12.4. The number of carboxylic acids is 1. The lowest BCUT2D eigenvalue weighted by atomic mass is 9.91. The van der Waals surface area contributed by atoms with E-state index in [1.165, 1.54) is 30.0 Å². The molecule has 29 heavy (non-hydrogen) atoms. The first-order valence-electron chi connectivity index (χ1n) is 8.35. The smallest absolute Gasteiger partial charge is 0.326 e. The third-order valence-corrected chi connectivity index (χ3v) is 5.13. The maximum Gasteiger partial charge on any atom is 0.326 e. The number of rotatable bonds is 4. The van der Waals surface area contributed by atoms with E-state index in [1.54, 1.807) is 0 Å². The number of hydrogen-bond donors (Lipinski definition) is 3. The summed E-state index contributed by atoms with van der Waals surface area (Å²) in [5.74, 6) is -2.18. The minimum atomic E-state index is -1.14. The summed E-state index contributed by atoms with van der Waals surface area (Å²) in [5, 5.41) is 33.7. The Morgan fingerprint density at radius 1 is 1.28 bits per heavy atom. The van der Waals surface area contributed by atoms with Crippen LogP contribution in [0.25, 0.3) is 0 Å². The molecule has 152 valence electrons. The van der Waals surface area contributed by atoms with Crippen LogP contribution in [0.3, 0.4) is 0 Å². The Labute approximate surface area is 174 Å². The van der Waals surface area contributed by atoms with E-state index in [0.29, 0.717) is 11.3 Å². The summed E-state index contributed by atoms with van der Waals surface area (Å²) in [5.41, 5.74) is 0.333. The molecule has 0 spiro atoms. The van der Waals surface area contributed by atoms with Crippen molar-refractivity contribution in [3.8, 4) is 5.75 Å². The van der Waals surface area contributed by atoms with Gasteiger partial charge >= 0.3 is 11.7 Å². The van der Waals surface area contributed by atoms with Gasteiger partial charge in [0.15, 0.2) is 5.75 Å². The normalized spacial score (nSPS) is 17.8. The van der Waals surface area contributed by atoms with E-state index in [9.17, 15) is 29.9 Å². The van der Waals surface area contributed by atoms with Gasteiger partial charge in [0.05, 0.1) is 16.7 Å². The highest BCUT2D eigenvalue weighted by Gasteiger charge is 2.38. The van der Waals surface area contributed by atoms with Crippen LogP contribution in [0.2, 0.25) is 10.0 Å². The van der Waals surface area contributed by atoms with E-state index < -0.39 is 40.3 Å². The fourth-order valence-corrected chi connectivity index (χ4v) is 4.04. The van der Waals surface area contributed by atoms with Gasteiger partial charge in [-0.3, -0.25) is 14.9 Å². The molecule has 2 aromatic rings. The quantitative estimate of drug-likeness (QED) is 0.484. The van der Waals surface area contributed by atoms with Crippen LogP contribution in [-0.2, 0) is 9.59 Å². The fourth-order valence-electron chi connectivity index (χ4n) is 3.42. The van der Waals surface area contributed by atoms with E-state index >= 15 is 0 Å². The number of aliphatic carboxylic acids is 1. The van der Waals surface area contributed by atoms with Crippen LogP contribution in [-0.4, -0.2) is 33.1 Å². The number of nitro groups is 1. The van der Waals surface area contributed by atoms with Crippen LogP contribution in [0.4, 0.5) is 17.1 Å². The standard InChI is InChI=1S/C18H15Cl2N3O6/c1-8(24)22(10-2-3-16(25)14(6-10)23(28)29)15-7-13(18(26)27)21-12-5-9(19)4-11(20)17(12)15/h2-6,13,15,21,25H,7H2,1H3,(H,26,27)/t13-,15+/m0/s1. The number of halogens is 2. The van der Waals surface area contributed by atoms with Crippen molar-refractivity contribution in [2.45, 2.75) is 25.4 Å². The van der Waals surface area contributed by atoms with Gasteiger partial charge in [0.25, 0.3) is 0 Å². The van der Waals surface area contributed by atoms with Gasteiger partial charge in [-0.15, -0.1) is 0 Å². The maximum absolute atomic E-state index is 12.5. The summed E-state index contributed by atoms with van der Waals surface area (Å²) in [6.45, 7) is 1.25. The Balaban J connectivity index is 2.20. The molecule has 0 aliphatic carbocycles. The number of carboxylic acid groups (broad SMARTS) is 1. The number of hydrogen-bond acceptors (Lipinski definition) is 6. The van der Waals surface area contributed by atoms with Crippen molar-refractivity contribution in [1.82, 2.24) is 0 Å². The number of aromatic hydroxyl groups is 1. The summed E-state index contributed by atoms with van der Waals surface area (Å²) in [4.78, 5) is 35.8. The molecule has 2 atom stereocenters. The van der Waals surface area contributed by atoms with Gasteiger partial charge in [0, 0.05) is 40.7 Å². The van der Waals surface area contributed by atoms with Crippen molar-refractivity contribution >= 4 is 52.1 Å². The Kier molecular flexibility index (Phi) is 5.54. The molecule has 0 radical (unpaired) electrons. The van der Waals surface area contributed by atoms with E-state index in [1.807, 2.05) is 0 Å². The first-order chi connectivity index (χ1) is 13.6. The van der Waals surface area contributed by atoms with Crippen LogP contribution in [0.1, 0.15) is 24.9 Å². The molecule has 3 rings (SSSR count). The van der Waals surface area contributed by atoms with Crippen LogP contribution in [0.5, 0.6) is 5.75 Å². The number of nitro benzene ring substituents is 1. The predicted molar refractivity (Wildman–Crippen MR) is 107 cm³/mol. The zero-order valence-corrected chi connectivity index (χ0v) is 16.4. The number of nitrogens with one attached hydrogen (secondary N) is 1. The monoisotopic (exact) mass is 439 g/mol. The molecule has 0 unspecified atom stereocenters. The van der Waals surface area contributed by atoms with Gasteiger partial charge in [-0.25, -0.2) is 4.79 Å². The average molecular weight is 440 g/mol. The van der Waals surface area contributed by atoms with Crippen molar-refractivity contribution in [2.75, 3.05) is 10.2 Å². The zero-order chi connectivity index (χ0) is 21.5. The molecule has 9 nitrogen and oxygen atoms in total. The van der Waals surface area contributed by atoms with Crippen molar-refractivity contribution in [1.29, 1.82) is 0 Å². The lowest BCUT2D eigenvalue weighted by Gasteiger charge is -2.38. The largest absolute Gasteiger partial charge is 0.502 e. The number of amides is 1. The van der Waals surface area contributed by atoms with Crippen LogP contribution >= 0.6 is 23.2 Å². The van der Waals surface area contributed by atoms with Crippen molar-refractivity contribution < 1.29 is 24.7 Å². The second-order valence-electron chi connectivity index (χ2n) is 6.45. The van der Waals surface area contributed by atoms with Crippen LogP contribution in [0.15, 0.2) is 30.3 Å². The topological polar surface area (TPSA) is 133 Å². The van der Waals surface area contributed by atoms with E-state index in [2.05, 4.69) is 5.32 Å². The molecule has 2 aromatic carbocycles. The minimum Gasteiger partial charge on any atom is -0.502 e. The lowest BCUT2D eigenvalue weighted by Crippen LogP contribution is -2.43. The molecule has 0 bridgehead atoms. The van der Waals surface area contributed by atoms with Gasteiger partial charge in [0.2, 0.25) is 5.91 Å². The summed E-state index contributed by atoms with van der Waals surface area (Å²) in [6.07, 6.45) is -0.0437. The van der Waals surface area contributed by atoms with Crippen LogP contribution in [0, 0.1) is 10.1 Å². The molecule has 0 saturated heterocycles. The molecule has 1 heterocycles. The second kappa shape index (κ2) is 7.76. The minimum absolute atomic E-state index is 0.0437. The highest BCUT2D eigenvalue weighted by molar-refractivity contribution is 6.35. The Bertz CT molecular complexity index is 1030. The molecular weight excluding hydrogens is 425 g/mol. The fraction of sp³-hybridized carbons (Fsp3) is 0.222. The number of carbonyl (C=O) groups excluding carboxylic acids is 1. The number of benzene rings is 2. The number of phenols is 1. The first-order valence-corrected chi connectivity index (χ1v) is 9.11. The summed E-state index contributed by atoms with van der Waals surface area (Å²) in [6, 6.07) is 4.58. The third kappa shape index (κ3) is 3.92. The van der Waals surface area contributed by atoms with Crippen LogP contribution < -0.4 is 10.2 Å². The zero-order valence-electron chi connectivity index (χ0n) is 14.9. The van der Waals surface area contributed by atoms with E-state index in [0.717, 1.165) is 12.1 Å². The van der Waals surface area contributed by atoms with Crippen molar-refractivity contribution in [3.63, 3.8) is 0 Å². The van der Waals surface area contributed by atoms with Gasteiger partial charge in [-0.1, -0.05) is 23.2 Å². The lowest BCUT2D eigenvalue weighted by molar-refractivity contribution is -0.385. The van der Waals surface area contributed by atoms with E-state index in [-0.39, 0.29) is 22.2 Å². The predicted octanol–water partition coefficient (Wildman–Crippen LogP) is 3.97. The highest BCUT2D eigenvalue weighted by atomic mass is 35.5. The number of anilines is 2. The molecule has 1 amide bonds. The first kappa shape index (κ1) is 20.7. The molecule has 3 N–H and O–H groups in total. The maximum atomic E-state index is 12.5. The number of phenolic OH excluding ortho intramolecular Hbond substituents is 1. The molecule has 0 saturated carbocycles. The Morgan fingerprint density at radius 3 is 2.55 bits per heavy atom. The highest BCUT2D eigenvalue weighted by Crippen LogP contribution is 2.45. The summed E-state index contributed by atoms with van der Waals surface area (Å²) in [7, 11) is 0. The molecule has 1 aliphatic rings. The molecule has 0 fully saturated rings. The van der Waals surface area contributed by atoms with Gasteiger partial charge in [-0.2, -0.15) is 0 Å². The average Bonchev–Trinajstić information content (AvgIpc) is 2.61. The third-order valence-electron chi connectivity index (χ3n) is 4.60. The summed E-state index contributed by atoms with van der Waals surface area (Å²) < 4.78 is 0. The number of carbonyl (C=O) groups is 2. The second-order valence-corrected chi connectivity index (χ2v) is 7.30. The number of fused-ring (bicyclic) bond motifs is 1. The number of nitrogens with zero attached hydrogens (tertiary/aromatic N) is 2. The van der Waals surface area contributed by atoms with Crippen molar-refractivity contribution in [2.24, 2.45) is 0 Å². The molecule has 1 aliphatic heterocycles. The van der Waals surface area contributed by atoms with Crippen molar-refractivity contribution in [3.05, 3.63) is 56.1 Å². The van der Waals surface area contributed by atoms with Gasteiger partial charge in [0.1, 0.15) is 6.04 Å². The van der Waals surface area contributed by atoms with Gasteiger partial charge < -0.3 is 20.4 Å². The van der Waals surface area contributed by atoms with Gasteiger partial charge in [-0.05, 0) is 24.3 Å². The van der Waals surface area contributed by atoms with E-state index in [4.69, 9.17) is 23.2 Å². The molecule has 11 heteroatoms. The Morgan fingerprint density at radius 2 is 1.97 bits per heavy atom.